The van der Waals surface area contributed by atoms with Gasteiger partial charge in [-0.2, -0.15) is 0 Å². The largest absolute Gasteiger partial charge is 0.371 e. The molecule has 1 aromatic carbocycles. The summed E-state index contributed by atoms with van der Waals surface area (Å²) >= 11 is 0. The molecule has 4 nitrogen and oxygen atoms in total. The van der Waals surface area contributed by atoms with E-state index in [1.54, 1.807) is 12.1 Å². The minimum absolute atomic E-state index is 0.00700. The molecule has 1 aromatic rings. The van der Waals surface area contributed by atoms with E-state index < -0.39 is 0 Å². The minimum atomic E-state index is -0.313. The van der Waals surface area contributed by atoms with Crippen LogP contribution in [-0.4, -0.2) is 18.0 Å². The molecule has 0 aliphatic carbocycles. The Morgan fingerprint density at radius 3 is 2.33 bits per heavy atom. The first kappa shape index (κ1) is 12.9. The van der Waals surface area contributed by atoms with Gasteiger partial charge in [-0.1, -0.05) is 20.8 Å². The van der Waals surface area contributed by atoms with Crippen molar-refractivity contribution in [1.29, 1.82) is 0 Å². The number of anilines is 1. The highest BCUT2D eigenvalue weighted by Gasteiger charge is 2.25. The molecule has 0 atom stereocenters. The molecule has 1 fully saturated rings. The molecule has 0 radical (unpaired) electrons. The first-order valence-corrected chi connectivity index (χ1v) is 6.43. The van der Waals surface area contributed by atoms with Gasteiger partial charge in [0.1, 0.15) is 0 Å². The summed E-state index contributed by atoms with van der Waals surface area (Å²) in [5, 5.41) is 10.9. The fourth-order valence-electron chi connectivity index (χ4n) is 2.49. The van der Waals surface area contributed by atoms with Crippen molar-refractivity contribution in [3.05, 3.63) is 33.9 Å². The lowest BCUT2D eigenvalue weighted by Gasteiger charge is -2.28. The number of nitrogens with zero attached hydrogens (tertiary/aromatic N) is 2. The van der Waals surface area contributed by atoms with Gasteiger partial charge in [0.15, 0.2) is 0 Å². The summed E-state index contributed by atoms with van der Waals surface area (Å²) in [6.07, 6.45) is 2.35. The average molecular weight is 248 g/mol. The molecule has 1 aliphatic heterocycles. The van der Waals surface area contributed by atoms with Crippen molar-refractivity contribution in [3.8, 4) is 0 Å². The number of nitro benzene ring substituents is 1. The summed E-state index contributed by atoms with van der Waals surface area (Å²) in [6.45, 7) is 8.45. The highest BCUT2D eigenvalue weighted by atomic mass is 16.6. The van der Waals surface area contributed by atoms with Gasteiger partial charge in [-0.25, -0.2) is 0 Å². The Morgan fingerprint density at radius 1 is 1.22 bits per heavy atom. The van der Waals surface area contributed by atoms with Crippen molar-refractivity contribution in [2.75, 3.05) is 18.0 Å². The van der Waals surface area contributed by atoms with E-state index in [4.69, 9.17) is 0 Å². The molecule has 0 saturated carbocycles. The molecule has 1 heterocycles. The number of hydrogen-bond acceptors (Lipinski definition) is 3. The second-order valence-corrected chi connectivity index (χ2v) is 5.90. The van der Waals surface area contributed by atoms with Crippen molar-refractivity contribution in [2.45, 2.75) is 39.0 Å². The summed E-state index contributed by atoms with van der Waals surface area (Å²) in [5.74, 6) is 0. The van der Waals surface area contributed by atoms with Gasteiger partial charge in [-0.3, -0.25) is 10.1 Å². The molecule has 2 rings (SSSR count). The first-order chi connectivity index (χ1) is 8.39. The summed E-state index contributed by atoms with van der Waals surface area (Å²) in [6, 6.07) is 5.25. The van der Waals surface area contributed by atoms with Crippen molar-refractivity contribution in [1.82, 2.24) is 0 Å². The van der Waals surface area contributed by atoms with E-state index in [-0.39, 0.29) is 16.0 Å². The highest BCUT2D eigenvalue weighted by Crippen LogP contribution is 2.36. The maximum absolute atomic E-state index is 10.9. The molecule has 4 heteroatoms. The molecule has 18 heavy (non-hydrogen) atoms. The topological polar surface area (TPSA) is 46.4 Å². The summed E-state index contributed by atoms with van der Waals surface area (Å²) in [7, 11) is 0. The monoisotopic (exact) mass is 248 g/mol. The normalized spacial score (nSPS) is 16.1. The van der Waals surface area contributed by atoms with Crippen LogP contribution in [0.1, 0.15) is 39.2 Å². The zero-order valence-corrected chi connectivity index (χ0v) is 11.3. The van der Waals surface area contributed by atoms with E-state index in [2.05, 4.69) is 25.7 Å². The van der Waals surface area contributed by atoms with Crippen LogP contribution in [0.2, 0.25) is 0 Å². The lowest BCUT2D eigenvalue weighted by Crippen LogP contribution is -2.23. The number of benzene rings is 1. The third-order valence-corrected chi connectivity index (χ3v) is 3.45. The molecule has 0 aromatic heterocycles. The Balaban J connectivity index is 2.49. The SMILES string of the molecule is CC(C)(C)c1ccc([N+](=O)[O-])cc1N1CCCC1. The van der Waals surface area contributed by atoms with E-state index in [0.29, 0.717) is 0 Å². The third kappa shape index (κ3) is 2.47. The third-order valence-electron chi connectivity index (χ3n) is 3.45. The van der Waals surface area contributed by atoms with Gasteiger partial charge in [-0.05, 0) is 29.9 Å². The summed E-state index contributed by atoms with van der Waals surface area (Å²) < 4.78 is 0. The van der Waals surface area contributed by atoms with Gasteiger partial charge >= 0.3 is 0 Å². The van der Waals surface area contributed by atoms with Crippen LogP contribution in [0.25, 0.3) is 0 Å². The van der Waals surface area contributed by atoms with Crippen molar-refractivity contribution in [2.24, 2.45) is 0 Å². The Labute approximate surface area is 108 Å². The molecule has 1 saturated heterocycles. The van der Waals surface area contributed by atoms with Crippen LogP contribution in [0.5, 0.6) is 0 Å². The Bertz CT molecular complexity index is 457. The van der Waals surface area contributed by atoms with Gasteiger partial charge < -0.3 is 4.90 Å². The van der Waals surface area contributed by atoms with Crippen LogP contribution in [0.15, 0.2) is 18.2 Å². The Morgan fingerprint density at radius 2 is 1.83 bits per heavy atom. The maximum atomic E-state index is 10.9. The predicted octanol–water partition coefficient (Wildman–Crippen LogP) is 3.49. The van der Waals surface area contributed by atoms with Crippen LogP contribution in [0, 0.1) is 10.1 Å². The summed E-state index contributed by atoms with van der Waals surface area (Å²) in [5.41, 5.74) is 2.42. The quantitative estimate of drug-likeness (QED) is 0.594. The maximum Gasteiger partial charge on any atom is 0.271 e. The average Bonchev–Trinajstić information content (AvgIpc) is 2.80. The second kappa shape index (κ2) is 4.59. The van der Waals surface area contributed by atoms with Crippen molar-refractivity contribution >= 4 is 11.4 Å². The lowest BCUT2D eigenvalue weighted by atomic mass is 9.85. The first-order valence-electron chi connectivity index (χ1n) is 6.43. The van der Waals surface area contributed by atoms with E-state index in [9.17, 15) is 10.1 Å². The van der Waals surface area contributed by atoms with Crippen LogP contribution < -0.4 is 4.90 Å². The van der Waals surface area contributed by atoms with E-state index in [0.717, 1.165) is 18.8 Å². The Kier molecular flexibility index (Phi) is 3.28. The van der Waals surface area contributed by atoms with E-state index in [1.165, 1.54) is 18.4 Å². The smallest absolute Gasteiger partial charge is 0.271 e. The molecule has 0 bridgehead atoms. The Hall–Kier alpha value is -1.58. The van der Waals surface area contributed by atoms with Gasteiger partial charge in [0.25, 0.3) is 5.69 Å². The number of nitro groups is 1. The molecule has 0 N–H and O–H groups in total. The van der Waals surface area contributed by atoms with Gasteiger partial charge in [0, 0.05) is 30.9 Å². The van der Waals surface area contributed by atoms with Crippen LogP contribution >= 0.6 is 0 Å². The molecule has 0 amide bonds. The van der Waals surface area contributed by atoms with Gasteiger partial charge in [0.2, 0.25) is 0 Å². The fraction of sp³-hybridized carbons (Fsp3) is 0.571. The van der Waals surface area contributed by atoms with Gasteiger partial charge in [-0.15, -0.1) is 0 Å². The molecular weight excluding hydrogens is 228 g/mol. The van der Waals surface area contributed by atoms with E-state index in [1.807, 2.05) is 6.07 Å². The summed E-state index contributed by atoms with van der Waals surface area (Å²) in [4.78, 5) is 12.9. The molecule has 1 aliphatic rings. The van der Waals surface area contributed by atoms with E-state index >= 15 is 0 Å². The number of rotatable bonds is 2. The van der Waals surface area contributed by atoms with Gasteiger partial charge in [0.05, 0.1) is 4.92 Å². The molecule has 0 spiro atoms. The molecule has 98 valence electrons. The van der Waals surface area contributed by atoms with Crippen molar-refractivity contribution < 1.29 is 4.92 Å². The molecular formula is C14H20N2O2. The molecule has 0 unspecified atom stereocenters. The number of non-ortho nitro benzene ring substituents is 1. The lowest BCUT2D eigenvalue weighted by molar-refractivity contribution is -0.384. The zero-order chi connectivity index (χ0) is 13.3. The van der Waals surface area contributed by atoms with Crippen molar-refractivity contribution in [3.63, 3.8) is 0 Å². The van der Waals surface area contributed by atoms with Crippen LogP contribution in [-0.2, 0) is 5.41 Å². The highest BCUT2D eigenvalue weighted by molar-refractivity contribution is 5.61. The van der Waals surface area contributed by atoms with Crippen LogP contribution in [0.4, 0.5) is 11.4 Å². The predicted molar refractivity (Wildman–Crippen MR) is 73.2 cm³/mol. The fourth-order valence-corrected chi connectivity index (χ4v) is 2.49. The standard InChI is InChI=1S/C14H20N2O2/c1-14(2,3)12-7-6-11(16(17)18)10-13(12)15-8-4-5-9-15/h6-7,10H,4-5,8-9H2,1-3H3. The zero-order valence-electron chi connectivity index (χ0n) is 11.3. The number of hydrogen-bond donors (Lipinski definition) is 0. The minimum Gasteiger partial charge on any atom is -0.371 e. The van der Waals surface area contributed by atoms with Crippen LogP contribution in [0.3, 0.4) is 0 Å². The second-order valence-electron chi connectivity index (χ2n) is 5.90.